The van der Waals surface area contributed by atoms with E-state index in [0.29, 0.717) is 11.3 Å². The van der Waals surface area contributed by atoms with Crippen molar-refractivity contribution in [3.63, 3.8) is 0 Å². The SMILES string of the molecule is [2H]C([2H])([2H])c1ccc(-c2cccc3c2nc(-n2c4ccc(C(C)(C)C)cc4c4cc(C(C)(C)C)ccc42)n3-c2ccc(C(C)(C)C)cc2-c2ccccc2)cc1-c1cc(-c2ccccc2)ccn1. The van der Waals surface area contributed by atoms with Gasteiger partial charge in [0.15, 0.2) is 0 Å². The molecule has 0 radical (unpaired) electrons. The molecule has 0 aliphatic carbocycles. The largest absolute Gasteiger partial charge is 0.279 e. The average Bonchev–Trinajstić information content (AvgIpc) is 3.85. The fourth-order valence-electron chi connectivity index (χ4n) is 9.24. The summed E-state index contributed by atoms with van der Waals surface area (Å²) in [5.74, 6) is 0.761. The Morgan fingerprint density at radius 3 is 1.65 bits per heavy atom. The maximum absolute atomic E-state index is 8.65. The molecule has 0 fully saturated rings. The van der Waals surface area contributed by atoms with Crippen LogP contribution in [0.2, 0.25) is 0 Å². The zero-order valence-electron chi connectivity index (χ0n) is 42.0. The molecule has 0 spiro atoms. The summed E-state index contributed by atoms with van der Waals surface area (Å²) < 4.78 is 30.6. The molecule has 0 amide bonds. The standard InChI is InChI=1S/C61H58N4/c1-39-24-25-43(34-48(39)52-35-42(32-33-62-52)40-18-13-11-14-19-40)47-22-17-23-56-57(47)63-58(65(56)53-29-26-44(59(2,3)4)36-49(53)41-20-15-12-16-21-41)64-54-30-27-45(60(5,6)7)37-50(54)51-38-46(61(8,9)10)28-31-55(51)64/h11-38H,1-10H3/i1D3. The first-order chi connectivity index (χ1) is 32.3. The number of para-hydroxylation sites is 1. The monoisotopic (exact) mass is 849 g/mol. The summed E-state index contributed by atoms with van der Waals surface area (Å²) in [6.07, 6.45) is 1.76. The van der Waals surface area contributed by atoms with Crippen molar-refractivity contribution >= 4 is 32.8 Å². The van der Waals surface area contributed by atoms with Gasteiger partial charge in [-0.3, -0.25) is 14.1 Å². The van der Waals surface area contributed by atoms with Crippen molar-refractivity contribution in [3.05, 3.63) is 192 Å². The minimum absolute atomic E-state index is 0.0575. The number of fused-ring (bicyclic) bond motifs is 4. The summed E-state index contributed by atoms with van der Waals surface area (Å²) in [5, 5.41) is 2.36. The molecule has 10 rings (SSSR count). The van der Waals surface area contributed by atoms with E-state index in [1.165, 1.54) is 27.5 Å². The number of aromatic nitrogens is 4. The second-order valence-corrected chi connectivity index (χ2v) is 20.6. The van der Waals surface area contributed by atoms with Gasteiger partial charge < -0.3 is 0 Å². The number of nitrogens with zero attached hydrogens (tertiary/aromatic N) is 4. The van der Waals surface area contributed by atoms with Gasteiger partial charge in [0, 0.05) is 37.8 Å². The van der Waals surface area contributed by atoms with Gasteiger partial charge in [-0.15, -0.1) is 0 Å². The maximum atomic E-state index is 8.65. The molecule has 3 heterocycles. The van der Waals surface area contributed by atoms with E-state index in [0.717, 1.165) is 67.1 Å². The molecule has 0 bridgehead atoms. The van der Waals surface area contributed by atoms with E-state index in [2.05, 4.69) is 187 Å². The first-order valence-corrected chi connectivity index (χ1v) is 22.7. The zero-order valence-corrected chi connectivity index (χ0v) is 39.0. The summed E-state index contributed by atoms with van der Waals surface area (Å²) >= 11 is 0. The van der Waals surface area contributed by atoms with Crippen molar-refractivity contribution in [2.75, 3.05) is 0 Å². The van der Waals surface area contributed by atoms with Crippen LogP contribution in [0.25, 0.3) is 89.1 Å². The number of imidazole rings is 1. The smallest absolute Gasteiger partial charge is 0.220 e. The highest BCUT2D eigenvalue weighted by atomic mass is 15.2. The Morgan fingerprint density at radius 1 is 0.431 bits per heavy atom. The maximum Gasteiger partial charge on any atom is 0.220 e. The van der Waals surface area contributed by atoms with Crippen molar-refractivity contribution in [2.45, 2.75) is 85.4 Å². The second-order valence-electron chi connectivity index (χ2n) is 20.6. The van der Waals surface area contributed by atoms with Gasteiger partial charge in [0.25, 0.3) is 0 Å². The third kappa shape index (κ3) is 7.55. The van der Waals surface area contributed by atoms with Crippen LogP contribution in [-0.4, -0.2) is 19.1 Å². The second kappa shape index (κ2) is 15.6. The predicted octanol–water partition coefficient (Wildman–Crippen LogP) is 16.4. The topological polar surface area (TPSA) is 35.6 Å². The molecule has 0 saturated heterocycles. The summed E-state index contributed by atoms with van der Waals surface area (Å²) in [5.41, 5.74) is 15.8. The molecule has 0 aliphatic rings. The number of benzene rings is 7. The van der Waals surface area contributed by atoms with Crippen LogP contribution >= 0.6 is 0 Å². The number of rotatable bonds is 6. The number of hydrogen-bond acceptors (Lipinski definition) is 2. The van der Waals surface area contributed by atoms with E-state index in [-0.39, 0.29) is 21.8 Å². The summed E-state index contributed by atoms with van der Waals surface area (Å²) in [6.45, 7) is 18.0. The molecule has 10 aromatic rings. The van der Waals surface area contributed by atoms with Crippen LogP contribution in [0, 0.1) is 6.85 Å². The van der Waals surface area contributed by atoms with Crippen LogP contribution in [-0.2, 0) is 16.2 Å². The first kappa shape index (κ1) is 38.4. The van der Waals surface area contributed by atoms with Crippen LogP contribution in [0.1, 0.15) is 88.7 Å². The van der Waals surface area contributed by atoms with Crippen molar-refractivity contribution in [1.29, 1.82) is 0 Å². The Labute approximate surface area is 388 Å². The molecule has 3 aromatic heterocycles. The molecular weight excluding hydrogens is 789 g/mol. The third-order valence-corrected chi connectivity index (χ3v) is 13.0. The Balaban J connectivity index is 1.30. The van der Waals surface area contributed by atoms with Crippen LogP contribution in [0.15, 0.2) is 170 Å². The lowest BCUT2D eigenvalue weighted by Gasteiger charge is -2.23. The van der Waals surface area contributed by atoms with Gasteiger partial charge in [0.05, 0.1) is 33.4 Å². The van der Waals surface area contributed by atoms with Gasteiger partial charge >= 0.3 is 0 Å². The molecule has 65 heavy (non-hydrogen) atoms. The molecule has 0 unspecified atom stereocenters. The van der Waals surface area contributed by atoms with Gasteiger partial charge in [0.2, 0.25) is 5.95 Å². The lowest BCUT2D eigenvalue weighted by molar-refractivity contribution is 0.590. The summed E-state index contributed by atoms with van der Waals surface area (Å²) in [4.78, 5) is 10.6. The van der Waals surface area contributed by atoms with Crippen molar-refractivity contribution in [1.82, 2.24) is 19.1 Å². The molecule has 322 valence electrons. The molecule has 7 aromatic carbocycles. The Kier molecular flexibility index (Phi) is 9.22. The van der Waals surface area contributed by atoms with Crippen LogP contribution in [0.3, 0.4) is 0 Å². The van der Waals surface area contributed by atoms with E-state index in [1.807, 2.05) is 42.5 Å². The van der Waals surface area contributed by atoms with Crippen molar-refractivity contribution in [3.8, 4) is 56.3 Å². The lowest BCUT2D eigenvalue weighted by Crippen LogP contribution is -2.13. The van der Waals surface area contributed by atoms with Crippen LogP contribution in [0.5, 0.6) is 0 Å². The van der Waals surface area contributed by atoms with Crippen LogP contribution < -0.4 is 0 Å². The molecule has 0 aliphatic heterocycles. The highest BCUT2D eigenvalue weighted by molar-refractivity contribution is 6.10. The number of hydrogen-bond donors (Lipinski definition) is 0. The van der Waals surface area contributed by atoms with E-state index in [1.54, 1.807) is 12.3 Å². The van der Waals surface area contributed by atoms with Gasteiger partial charge in [-0.25, -0.2) is 4.98 Å². The van der Waals surface area contributed by atoms with Crippen molar-refractivity contribution in [2.24, 2.45) is 0 Å². The van der Waals surface area contributed by atoms with E-state index in [4.69, 9.17) is 14.1 Å². The van der Waals surface area contributed by atoms with Gasteiger partial charge in [-0.1, -0.05) is 165 Å². The Morgan fingerprint density at radius 2 is 1.03 bits per heavy atom. The quantitative estimate of drug-likeness (QED) is 0.167. The summed E-state index contributed by atoms with van der Waals surface area (Å²) in [6, 6.07) is 57.4. The highest BCUT2D eigenvalue weighted by Crippen LogP contribution is 2.43. The van der Waals surface area contributed by atoms with Gasteiger partial charge in [-0.05, 0) is 128 Å². The molecular formula is C61H58N4. The fraction of sp³-hybridized carbons (Fsp3) is 0.213. The summed E-state index contributed by atoms with van der Waals surface area (Å²) in [7, 11) is 0. The Hall–Kier alpha value is -7.04. The average molecular weight is 850 g/mol. The fourth-order valence-corrected chi connectivity index (χ4v) is 9.24. The minimum Gasteiger partial charge on any atom is -0.279 e. The molecule has 4 nitrogen and oxygen atoms in total. The predicted molar refractivity (Wildman–Crippen MR) is 276 cm³/mol. The number of pyridine rings is 1. The molecule has 4 heteroatoms. The zero-order chi connectivity index (χ0) is 47.9. The van der Waals surface area contributed by atoms with Crippen molar-refractivity contribution < 1.29 is 4.11 Å². The highest BCUT2D eigenvalue weighted by Gasteiger charge is 2.27. The third-order valence-electron chi connectivity index (χ3n) is 13.0. The van der Waals surface area contributed by atoms with E-state index >= 15 is 0 Å². The lowest BCUT2D eigenvalue weighted by atomic mass is 9.85. The molecule has 0 saturated carbocycles. The van der Waals surface area contributed by atoms with Gasteiger partial charge in [-0.2, -0.15) is 0 Å². The minimum atomic E-state index is -2.37. The Bertz CT molecular complexity index is 3470. The first-order valence-electron chi connectivity index (χ1n) is 24.2. The van der Waals surface area contributed by atoms with Gasteiger partial charge in [0.1, 0.15) is 0 Å². The number of aryl methyl sites for hydroxylation is 1. The normalized spacial score (nSPS) is 13.3. The van der Waals surface area contributed by atoms with E-state index < -0.39 is 6.85 Å². The van der Waals surface area contributed by atoms with E-state index in [9.17, 15) is 0 Å². The molecule has 0 N–H and O–H groups in total. The molecule has 0 atom stereocenters. The van der Waals surface area contributed by atoms with Crippen LogP contribution in [0.4, 0.5) is 0 Å².